The maximum absolute atomic E-state index is 11.8. The van der Waals surface area contributed by atoms with Gasteiger partial charge < -0.3 is 15.3 Å². The topological polar surface area (TPSA) is 67.5 Å². The third kappa shape index (κ3) is 2.45. The molecule has 0 aliphatic carbocycles. The lowest BCUT2D eigenvalue weighted by Gasteiger charge is -2.09. The Morgan fingerprint density at radius 1 is 1.46 bits per heavy atom. The van der Waals surface area contributed by atoms with Crippen LogP contribution in [-0.4, -0.2) is 11.7 Å². The van der Waals surface area contributed by atoms with E-state index in [9.17, 15) is 8.78 Å². The van der Waals surface area contributed by atoms with Crippen LogP contribution in [0.5, 0.6) is 11.5 Å². The van der Waals surface area contributed by atoms with Gasteiger partial charge in [0, 0.05) is 6.07 Å². The number of rotatable bonds is 3. The number of nitrogens with two attached hydrogens (primary N) is 1. The van der Waals surface area contributed by atoms with Gasteiger partial charge in [-0.3, -0.25) is 5.84 Å². The fourth-order valence-corrected chi connectivity index (χ4v) is 0.830. The maximum Gasteiger partial charge on any atom is 0.387 e. The number of phenols is 1. The molecule has 0 unspecified atom stereocenters. The first kappa shape index (κ1) is 9.53. The van der Waals surface area contributed by atoms with Gasteiger partial charge in [0.2, 0.25) is 0 Å². The van der Waals surface area contributed by atoms with Crippen LogP contribution in [0.15, 0.2) is 18.2 Å². The molecule has 0 aliphatic rings. The summed E-state index contributed by atoms with van der Waals surface area (Å²) in [6.45, 7) is -2.92. The predicted molar refractivity (Wildman–Crippen MR) is 42.5 cm³/mol. The summed E-state index contributed by atoms with van der Waals surface area (Å²) in [6, 6.07) is 3.59. The molecule has 13 heavy (non-hydrogen) atoms. The maximum atomic E-state index is 11.8. The average Bonchev–Trinajstić information content (AvgIpc) is 2.07. The van der Waals surface area contributed by atoms with Gasteiger partial charge in [-0.05, 0) is 12.1 Å². The lowest BCUT2D eigenvalue weighted by atomic mass is 10.3. The number of halogens is 2. The number of hydrogen-bond acceptors (Lipinski definition) is 4. The summed E-state index contributed by atoms with van der Waals surface area (Å²) in [4.78, 5) is 0. The first-order chi connectivity index (χ1) is 6.13. The van der Waals surface area contributed by atoms with Gasteiger partial charge in [0.05, 0.1) is 5.69 Å². The molecule has 6 heteroatoms. The third-order valence-corrected chi connectivity index (χ3v) is 1.33. The van der Waals surface area contributed by atoms with Crippen molar-refractivity contribution in [2.75, 3.05) is 5.43 Å². The summed E-state index contributed by atoms with van der Waals surface area (Å²) < 4.78 is 27.7. The minimum absolute atomic E-state index is 0.0884. The summed E-state index contributed by atoms with van der Waals surface area (Å²) in [5.74, 6) is 4.81. The van der Waals surface area contributed by atoms with Gasteiger partial charge >= 0.3 is 6.61 Å². The van der Waals surface area contributed by atoms with Crippen LogP contribution in [-0.2, 0) is 0 Å². The average molecular weight is 190 g/mol. The lowest BCUT2D eigenvalue weighted by Crippen LogP contribution is -2.10. The molecule has 0 amide bonds. The minimum atomic E-state index is -2.92. The molecule has 1 rings (SSSR count). The molecular formula is C7H8F2N2O2. The van der Waals surface area contributed by atoms with Crippen molar-refractivity contribution in [2.24, 2.45) is 5.84 Å². The zero-order chi connectivity index (χ0) is 9.84. The predicted octanol–water partition coefficient (Wildman–Crippen LogP) is 1.28. The van der Waals surface area contributed by atoms with Crippen LogP contribution in [0.25, 0.3) is 0 Å². The van der Waals surface area contributed by atoms with E-state index in [1.54, 1.807) is 0 Å². The molecule has 0 saturated heterocycles. The molecule has 0 heterocycles. The number of ether oxygens (including phenoxy) is 1. The van der Waals surface area contributed by atoms with E-state index in [2.05, 4.69) is 10.2 Å². The van der Waals surface area contributed by atoms with Gasteiger partial charge in [-0.25, -0.2) is 0 Å². The summed E-state index contributed by atoms with van der Waals surface area (Å²) in [6.07, 6.45) is 0. The molecule has 4 nitrogen and oxygen atoms in total. The normalized spacial score (nSPS) is 10.2. The fourth-order valence-electron chi connectivity index (χ4n) is 0.830. The molecule has 0 saturated carbocycles. The molecule has 0 atom stereocenters. The van der Waals surface area contributed by atoms with Crippen molar-refractivity contribution in [3.8, 4) is 11.5 Å². The van der Waals surface area contributed by atoms with Crippen molar-refractivity contribution in [1.29, 1.82) is 0 Å². The Balaban J connectivity index is 2.92. The van der Waals surface area contributed by atoms with E-state index in [1.807, 2.05) is 0 Å². The number of phenolic OH excluding ortho intramolecular Hbond substituents is 1. The monoisotopic (exact) mass is 190 g/mol. The van der Waals surface area contributed by atoms with E-state index < -0.39 is 6.61 Å². The van der Waals surface area contributed by atoms with Gasteiger partial charge in [0.1, 0.15) is 5.75 Å². The number of hydrogen-bond donors (Lipinski definition) is 3. The van der Waals surface area contributed by atoms with Crippen LogP contribution in [0.4, 0.5) is 14.5 Å². The Morgan fingerprint density at radius 2 is 2.15 bits per heavy atom. The Morgan fingerprint density at radius 3 is 2.69 bits per heavy atom. The quantitative estimate of drug-likeness (QED) is 0.496. The van der Waals surface area contributed by atoms with Crippen molar-refractivity contribution in [3.63, 3.8) is 0 Å². The van der Waals surface area contributed by atoms with Crippen LogP contribution < -0.4 is 16.0 Å². The first-order valence-corrected chi connectivity index (χ1v) is 3.38. The van der Waals surface area contributed by atoms with Crippen LogP contribution in [0, 0.1) is 0 Å². The first-order valence-electron chi connectivity index (χ1n) is 3.38. The third-order valence-electron chi connectivity index (χ3n) is 1.33. The smallest absolute Gasteiger partial charge is 0.387 e. The van der Waals surface area contributed by atoms with Crippen molar-refractivity contribution >= 4 is 5.69 Å². The Hall–Kier alpha value is -1.56. The zero-order valence-corrected chi connectivity index (χ0v) is 6.50. The van der Waals surface area contributed by atoms with E-state index in [4.69, 9.17) is 10.9 Å². The number of alkyl halides is 2. The SMILES string of the molecule is NNc1cc(O)ccc1OC(F)F. The van der Waals surface area contributed by atoms with Crippen molar-refractivity contribution in [2.45, 2.75) is 6.61 Å². The zero-order valence-electron chi connectivity index (χ0n) is 6.50. The second kappa shape index (κ2) is 3.90. The number of aromatic hydroxyl groups is 1. The number of hydrazine groups is 1. The summed E-state index contributed by atoms with van der Waals surface area (Å²) in [5, 5.41) is 8.96. The molecular weight excluding hydrogens is 182 g/mol. The highest BCUT2D eigenvalue weighted by atomic mass is 19.3. The molecule has 0 fully saturated rings. The molecule has 1 aromatic carbocycles. The second-order valence-electron chi connectivity index (χ2n) is 2.20. The molecule has 4 N–H and O–H groups in total. The van der Waals surface area contributed by atoms with Crippen LogP contribution in [0.3, 0.4) is 0 Å². The van der Waals surface area contributed by atoms with E-state index in [0.29, 0.717) is 0 Å². The molecule has 0 aliphatic heterocycles. The van der Waals surface area contributed by atoms with Gasteiger partial charge in [0.15, 0.2) is 5.75 Å². The van der Waals surface area contributed by atoms with Crippen molar-refractivity contribution < 1.29 is 18.6 Å². The van der Waals surface area contributed by atoms with Gasteiger partial charge in [-0.2, -0.15) is 8.78 Å². The van der Waals surface area contributed by atoms with Gasteiger partial charge in [-0.1, -0.05) is 0 Å². The van der Waals surface area contributed by atoms with E-state index >= 15 is 0 Å². The summed E-state index contributed by atoms with van der Waals surface area (Å²) >= 11 is 0. The number of anilines is 1. The van der Waals surface area contributed by atoms with Crippen LogP contribution in [0.1, 0.15) is 0 Å². The second-order valence-corrected chi connectivity index (χ2v) is 2.20. The minimum Gasteiger partial charge on any atom is -0.508 e. The molecule has 0 bridgehead atoms. The highest BCUT2D eigenvalue weighted by Crippen LogP contribution is 2.28. The molecule has 72 valence electrons. The number of nitrogens with one attached hydrogen (secondary N) is 1. The lowest BCUT2D eigenvalue weighted by molar-refractivity contribution is -0.0493. The molecule has 0 aromatic heterocycles. The van der Waals surface area contributed by atoms with Crippen molar-refractivity contribution in [1.82, 2.24) is 0 Å². The van der Waals surface area contributed by atoms with Gasteiger partial charge in [0.25, 0.3) is 0 Å². The Labute approximate surface area is 72.9 Å². The standard InChI is InChI=1S/C7H8F2N2O2/c8-7(9)13-6-2-1-4(12)3-5(6)11-10/h1-3,7,11-12H,10H2. The largest absolute Gasteiger partial charge is 0.508 e. The van der Waals surface area contributed by atoms with Gasteiger partial charge in [-0.15, -0.1) is 0 Å². The summed E-state index contributed by atoms with van der Waals surface area (Å²) in [7, 11) is 0. The number of nitrogen functional groups attached to an aromatic ring is 1. The molecule has 0 spiro atoms. The van der Waals surface area contributed by atoms with Crippen molar-refractivity contribution in [3.05, 3.63) is 18.2 Å². The van der Waals surface area contributed by atoms with E-state index in [1.165, 1.54) is 18.2 Å². The van der Waals surface area contributed by atoms with Crippen LogP contribution in [0.2, 0.25) is 0 Å². The molecule has 1 aromatic rings. The van der Waals surface area contributed by atoms with E-state index in [0.717, 1.165) is 0 Å². The number of benzene rings is 1. The fraction of sp³-hybridized carbons (Fsp3) is 0.143. The summed E-state index contributed by atoms with van der Waals surface area (Å²) in [5.41, 5.74) is 2.22. The Bertz CT molecular complexity index is 294. The van der Waals surface area contributed by atoms with Crippen LogP contribution >= 0.6 is 0 Å². The highest BCUT2D eigenvalue weighted by molar-refractivity contribution is 5.58. The highest BCUT2D eigenvalue weighted by Gasteiger charge is 2.09. The van der Waals surface area contributed by atoms with E-state index in [-0.39, 0.29) is 17.2 Å². The molecule has 0 radical (unpaired) electrons. The Kier molecular flexibility index (Phi) is 2.86.